The van der Waals surface area contributed by atoms with Crippen LogP contribution in [0.25, 0.3) is 50.4 Å². The number of aryl methyl sites for hydroxylation is 2. The lowest BCUT2D eigenvalue weighted by Gasteiger charge is -2.26. The fraction of sp³-hybridized carbons (Fsp3) is 0.0784. The topological polar surface area (TPSA) is 21.1 Å². The van der Waals surface area contributed by atoms with E-state index in [0.29, 0.717) is 0 Å². The molecule has 0 unspecified atom stereocenters. The number of fused-ring (bicyclic) bond motifs is 1. The average Bonchev–Trinajstić information content (AvgIpc) is 3.63. The molecule has 1 aliphatic carbocycles. The number of hydrogen-bond acceptors (Lipinski definition) is 2. The van der Waals surface area contributed by atoms with Gasteiger partial charge in [0.25, 0.3) is 0 Å². The highest BCUT2D eigenvalue weighted by Gasteiger charge is 2.16. The van der Waals surface area contributed by atoms with Gasteiger partial charge in [-0.15, -0.1) is 0 Å². The molecule has 54 heavy (non-hydrogen) atoms. The molecule has 0 spiro atoms. The third kappa shape index (κ3) is 6.57. The summed E-state index contributed by atoms with van der Waals surface area (Å²) in [5, 5.41) is 0. The molecule has 3 nitrogen and oxygen atoms in total. The van der Waals surface area contributed by atoms with E-state index in [0.717, 1.165) is 58.0 Å². The molecule has 3 heteroatoms. The monoisotopic (exact) mass is 695 g/mol. The number of anilines is 3. The Morgan fingerprint density at radius 3 is 1.37 bits per heavy atom. The number of aromatic nitrogens is 2. The molecule has 9 rings (SSSR count). The van der Waals surface area contributed by atoms with Crippen LogP contribution in [0.1, 0.15) is 35.1 Å². The van der Waals surface area contributed by atoms with Gasteiger partial charge >= 0.3 is 0 Å². The van der Waals surface area contributed by atoms with Gasteiger partial charge in [-0.25, -0.2) is 4.98 Å². The minimum Gasteiger partial charge on any atom is -0.311 e. The number of benzene rings is 7. The van der Waals surface area contributed by atoms with Crippen LogP contribution in [0.2, 0.25) is 0 Å². The van der Waals surface area contributed by atoms with Crippen LogP contribution < -0.4 is 4.90 Å². The maximum absolute atomic E-state index is 5.05. The molecule has 0 aliphatic heterocycles. The lowest BCUT2D eigenvalue weighted by Crippen LogP contribution is -2.09. The van der Waals surface area contributed by atoms with Crippen molar-refractivity contribution in [1.82, 2.24) is 9.55 Å². The van der Waals surface area contributed by atoms with Gasteiger partial charge in [0.15, 0.2) is 0 Å². The SMILES string of the molecule is Cc1ccc(N(c2ccc(C)cc2)c2ccc(-c3ccc(C4=CC=C(c5ccc(-c6nc7ccccc7n6-c6ccccc6)cc5)CC4)cc3)cc2)cc1. The summed E-state index contributed by atoms with van der Waals surface area (Å²) < 4.78 is 2.26. The highest BCUT2D eigenvalue weighted by atomic mass is 15.1. The van der Waals surface area contributed by atoms with Crippen molar-refractivity contribution in [3.63, 3.8) is 0 Å². The van der Waals surface area contributed by atoms with Crippen LogP contribution in [0.5, 0.6) is 0 Å². The first-order valence-corrected chi connectivity index (χ1v) is 18.8. The van der Waals surface area contributed by atoms with E-state index in [1.54, 1.807) is 0 Å². The van der Waals surface area contributed by atoms with Crippen LogP contribution in [-0.4, -0.2) is 9.55 Å². The number of para-hydroxylation sites is 3. The summed E-state index contributed by atoms with van der Waals surface area (Å²) in [6.45, 7) is 4.26. The van der Waals surface area contributed by atoms with E-state index in [2.05, 4.69) is 211 Å². The summed E-state index contributed by atoms with van der Waals surface area (Å²) in [7, 11) is 0. The Morgan fingerprint density at radius 1 is 0.426 bits per heavy atom. The van der Waals surface area contributed by atoms with Crippen molar-refractivity contribution >= 4 is 39.2 Å². The summed E-state index contributed by atoms with van der Waals surface area (Å²) in [5.41, 5.74) is 18.0. The second-order valence-corrected chi connectivity index (χ2v) is 14.2. The highest BCUT2D eigenvalue weighted by molar-refractivity contribution is 5.85. The Hall–Kier alpha value is -6.71. The Kier molecular flexibility index (Phi) is 8.82. The molecule has 0 radical (unpaired) electrons. The minimum absolute atomic E-state index is 0.958. The molecular formula is C51H41N3. The lowest BCUT2D eigenvalue weighted by atomic mass is 9.89. The van der Waals surface area contributed by atoms with E-state index in [9.17, 15) is 0 Å². The van der Waals surface area contributed by atoms with E-state index < -0.39 is 0 Å². The van der Waals surface area contributed by atoms with Crippen LogP contribution in [0.15, 0.2) is 188 Å². The third-order valence-electron chi connectivity index (χ3n) is 10.5. The molecular weight excluding hydrogens is 655 g/mol. The second-order valence-electron chi connectivity index (χ2n) is 14.2. The van der Waals surface area contributed by atoms with Crippen LogP contribution >= 0.6 is 0 Å². The maximum Gasteiger partial charge on any atom is 0.145 e. The summed E-state index contributed by atoms with van der Waals surface area (Å²) in [4.78, 5) is 7.37. The van der Waals surface area contributed by atoms with Crippen LogP contribution in [0.3, 0.4) is 0 Å². The highest BCUT2D eigenvalue weighted by Crippen LogP contribution is 2.37. The summed E-state index contributed by atoms with van der Waals surface area (Å²) >= 11 is 0. The molecule has 260 valence electrons. The predicted molar refractivity (Wildman–Crippen MR) is 228 cm³/mol. The smallest absolute Gasteiger partial charge is 0.145 e. The summed E-state index contributed by atoms with van der Waals surface area (Å²) in [5.74, 6) is 0.958. The molecule has 1 aliphatic rings. The van der Waals surface area contributed by atoms with Crippen molar-refractivity contribution in [2.45, 2.75) is 26.7 Å². The molecule has 0 N–H and O–H groups in total. The van der Waals surface area contributed by atoms with Gasteiger partial charge in [-0.3, -0.25) is 4.57 Å². The third-order valence-corrected chi connectivity index (χ3v) is 10.5. The van der Waals surface area contributed by atoms with Crippen LogP contribution in [0.4, 0.5) is 17.1 Å². The predicted octanol–water partition coefficient (Wildman–Crippen LogP) is 13.7. The number of hydrogen-bond donors (Lipinski definition) is 0. The van der Waals surface area contributed by atoms with E-state index in [-0.39, 0.29) is 0 Å². The Bertz CT molecular complexity index is 2560. The molecule has 0 saturated carbocycles. The number of allylic oxidation sites excluding steroid dienone is 4. The first-order valence-electron chi connectivity index (χ1n) is 18.8. The van der Waals surface area contributed by atoms with Crippen LogP contribution in [0, 0.1) is 13.8 Å². The number of imidazole rings is 1. The first-order chi connectivity index (χ1) is 26.6. The maximum atomic E-state index is 5.05. The van der Waals surface area contributed by atoms with Gasteiger partial charge in [0.2, 0.25) is 0 Å². The number of rotatable bonds is 8. The largest absolute Gasteiger partial charge is 0.311 e. The van der Waals surface area contributed by atoms with Crippen molar-refractivity contribution in [3.8, 4) is 28.2 Å². The van der Waals surface area contributed by atoms with E-state index >= 15 is 0 Å². The van der Waals surface area contributed by atoms with Crippen molar-refractivity contribution in [2.24, 2.45) is 0 Å². The minimum atomic E-state index is 0.958. The first kappa shape index (κ1) is 33.1. The molecule has 1 heterocycles. The molecule has 7 aromatic carbocycles. The normalized spacial score (nSPS) is 12.7. The lowest BCUT2D eigenvalue weighted by molar-refractivity contribution is 1.07. The van der Waals surface area contributed by atoms with E-state index in [1.807, 2.05) is 0 Å². The Labute approximate surface area is 317 Å². The Morgan fingerprint density at radius 2 is 0.852 bits per heavy atom. The van der Waals surface area contributed by atoms with Crippen molar-refractivity contribution in [1.29, 1.82) is 0 Å². The molecule has 0 saturated heterocycles. The summed E-state index contributed by atoms with van der Waals surface area (Å²) in [6.07, 6.45) is 6.62. The molecule has 8 aromatic rings. The zero-order valence-corrected chi connectivity index (χ0v) is 30.7. The standard InChI is InChI=1S/C51H41N3/c1-36-12-30-46(31-13-36)53(47-32-14-37(2)15-33-47)48-34-28-43(29-35-48)41-22-20-39(21-23-41)38-16-18-40(19-17-38)42-24-26-44(27-25-42)51-52-49-10-6-7-11-50(49)54(51)45-8-4-3-5-9-45/h3-16,18,20-35H,17,19H2,1-2H3. The quantitative estimate of drug-likeness (QED) is 0.158. The molecule has 0 fully saturated rings. The van der Waals surface area contributed by atoms with Gasteiger partial charge in [-0.1, -0.05) is 139 Å². The van der Waals surface area contributed by atoms with Gasteiger partial charge in [0, 0.05) is 28.3 Å². The van der Waals surface area contributed by atoms with Gasteiger partial charge in [-0.2, -0.15) is 0 Å². The zero-order valence-electron chi connectivity index (χ0n) is 30.7. The molecule has 0 bridgehead atoms. The van der Waals surface area contributed by atoms with Gasteiger partial charge in [-0.05, 0) is 121 Å². The average molecular weight is 696 g/mol. The second kappa shape index (κ2) is 14.4. The fourth-order valence-electron chi connectivity index (χ4n) is 7.52. The zero-order chi connectivity index (χ0) is 36.4. The van der Waals surface area contributed by atoms with E-state index in [4.69, 9.17) is 4.98 Å². The Balaban J connectivity index is 0.922. The van der Waals surface area contributed by atoms with Crippen molar-refractivity contribution in [2.75, 3.05) is 4.90 Å². The van der Waals surface area contributed by atoms with Gasteiger partial charge in [0.05, 0.1) is 11.0 Å². The fourth-order valence-corrected chi connectivity index (χ4v) is 7.52. The molecule has 0 amide bonds. The van der Waals surface area contributed by atoms with Gasteiger partial charge < -0.3 is 4.90 Å². The van der Waals surface area contributed by atoms with Crippen LogP contribution in [-0.2, 0) is 0 Å². The molecule has 1 aromatic heterocycles. The van der Waals surface area contributed by atoms with E-state index in [1.165, 1.54) is 44.5 Å². The number of nitrogens with zero attached hydrogens (tertiary/aromatic N) is 3. The van der Waals surface area contributed by atoms with Crippen molar-refractivity contribution in [3.05, 3.63) is 210 Å². The van der Waals surface area contributed by atoms with Crippen molar-refractivity contribution < 1.29 is 0 Å². The van der Waals surface area contributed by atoms with Gasteiger partial charge in [0.1, 0.15) is 5.82 Å². The molecule has 0 atom stereocenters. The summed E-state index contributed by atoms with van der Waals surface area (Å²) in [6, 6.07) is 63.2.